The first kappa shape index (κ1) is 32.2. The van der Waals surface area contributed by atoms with Crippen LogP contribution in [0.15, 0.2) is 18.2 Å². The highest BCUT2D eigenvalue weighted by Crippen LogP contribution is 2.18. The van der Waals surface area contributed by atoms with Gasteiger partial charge in [0.15, 0.2) is 0 Å². The van der Waals surface area contributed by atoms with Crippen LogP contribution in [0.1, 0.15) is 37.5 Å². The summed E-state index contributed by atoms with van der Waals surface area (Å²) in [5, 5.41) is 77.2. The molecule has 0 unspecified atom stereocenters. The lowest BCUT2D eigenvalue weighted by Crippen LogP contribution is -2.47. The molecule has 0 aliphatic carbocycles. The summed E-state index contributed by atoms with van der Waals surface area (Å²) in [5.74, 6) is -1.53. The fraction of sp³-hybridized carbons (Fsp3) is 0.667. The van der Waals surface area contributed by atoms with Gasteiger partial charge in [0, 0.05) is 37.8 Å². The maximum Gasteiger partial charge on any atom is 0.240 e. The van der Waals surface area contributed by atoms with Gasteiger partial charge in [0.1, 0.15) is 36.4 Å². The van der Waals surface area contributed by atoms with E-state index >= 15 is 0 Å². The van der Waals surface area contributed by atoms with E-state index in [9.17, 15) is 45.0 Å². The number of hydrogen-bond acceptors (Lipinski definition) is 12. The number of aliphatic hydroxyl groups excluding tert-OH is 6. The molecule has 0 aromatic heterocycles. The fourth-order valence-electron chi connectivity index (χ4n) is 5.66. The molecule has 0 spiro atoms. The molecule has 42 heavy (non-hydrogen) atoms. The summed E-state index contributed by atoms with van der Waals surface area (Å²) in [6.45, 7) is 5.08. The van der Waals surface area contributed by atoms with Gasteiger partial charge in [-0.25, -0.2) is 0 Å². The number of nitrogens with one attached hydrogen (secondary N) is 6. The topological polar surface area (TPSA) is 245 Å². The van der Waals surface area contributed by atoms with Crippen molar-refractivity contribution in [2.24, 2.45) is 0 Å². The normalized spacial score (nSPS) is 37.9. The van der Waals surface area contributed by atoms with Crippen LogP contribution < -0.4 is 31.9 Å². The molecule has 0 saturated carbocycles. The van der Waals surface area contributed by atoms with Crippen molar-refractivity contribution in [2.75, 3.05) is 0 Å². The standard InChI is InChI=1S/C27H42N6O9/c1-10-19(34)22(37)16(31-10)25(40)28-7-13-4-14(8-29-26(41)17-23(38)20(35)11(2)32-17)6-15(5-13)9-30-27(42)18-24(39)21(36)12(3)33-18/h4-6,10-12,16-24,31-39H,7-9H2,1-3H3,(H,28,40)(H,29,41)(H,30,42)/t10-,11-,12-,16+,17+,18+,19+,20+,21+,22-,23-,24-/m0/s1. The second-order valence-corrected chi connectivity index (χ2v) is 11.6. The first-order valence-electron chi connectivity index (χ1n) is 14.1. The van der Waals surface area contributed by atoms with Crippen molar-refractivity contribution < 1.29 is 45.0 Å². The van der Waals surface area contributed by atoms with E-state index in [1.54, 1.807) is 39.0 Å². The molecule has 0 bridgehead atoms. The van der Waals surface area contributed by atoms with Crippen molar-refractivity contribution in [3.05, 3.63) is 34.9 Å². The molecule has 3 saturated heterocycles. The Morgan fingerprint density at radius 3 is 0.952 bits per heavy atom. The molecular formula is C27H42N6O9. The molecule has 234 valence electrons. The molecule has 3 fully saturated rings. The van der Waals surface area contributed by atoms with Crippen LogP contribution in [0.3, 0.4) is 0 Å². The number of benzene rings is 1. The molecule has 0 radical (unpaired) electrons. The van der Waals surface area contributed by atoms with Crippen LogP contribution in [0.25, 0.3) is 0 Å². The lowest BCUT2D eigenvalue weighted by molar-refractivity contribution is -0.126. The second kappa shape index (κ2) is 13.3. The molecule has 3 heterocycles. The van der Waals surface area contributed by atoms with Gasteiger partial charge in [-0.05, 0) is 37.5 Å². The minimum atomic E-state index is -1.27. The first-order chi connectivity index (χ1) is 19.8. The maximum atomic E-state index is 12.7. The van der Waals surface area contributed by atoms with Gasteiger partial charge in [-0.2, -0.15) is 0 Å². The van der Waals surface area contributed by atoms with Crippen LogP contribution in [0.2, 0.25) is 0 Å². The number of hydrogen-bond donors (Lipinski definition) is 12. The van der Waals surface area contributed by atoms with Crippen LogP contribution in [0.5, 0.6) is 0 Å². The fourth-order valence-corrected chi connectivity index (χ4v) is 5.66. The summed E-state index contributed by atoms with van der Waals surface area (Å²) in [6.07, 6.45) is -7.07. The third-order valence-corrected chi connectivity index (χ3v) is 8.30. The molecule has 3 aliphatic rings. The molecule has 3 amide bonds. The van der Waals surface area contributed by atoms with Crippen LogP contribution in [0, 0.1) is 0 Å². The van der Waals surface area contributed by atoms with Gasteiger partial charge in [-0.3, -0.25) is 30.3 Å². The van der Waals surface area contributed by atoms with Crippen LogP contribution in [-0.4, -0.2) is 121 Å². The summed E-state index contributed by atoms with van der Waals surface area (Å²) >= 11 is 0. The van der Waals surface area contributed by atoms with E-state index in [4.69, 9.17) is 0 Å². The van der Waals surface area contributed by atoms with Crippen LogP contribution in [-0.2, 0) is 34.0 Å². The average Bonchev–Trinajstić information content (AvgIpc) is 3.49. The third-order valence-electron chi connectivity index (χ3n) is 8.30. The van der Waals surface area contributed by atoms with E-state index in [1.807, 2.05) is 0 Å². The Bertz CT molecular complexity index is 1010. The van der Waals surface area contributed by atoms with Crippen LogP contribution >= 0.6 is 0 Å². The lowest BCUT2D eigenvalue weighted by atomic mass is 10.0. The Kier molecular flexibility index (Phi) is 10.2. The highest BCUT2D eigenvalue weighted by atomic mass is 16.3. The van der Waals surface area contributed by atoms with E-state index in [-0.39, 0.29) is 19.6 Å². The number of carbonyl (C=O) groups is 3. The van der Waals surface area contributed by atoms with Crippen molar-refractivity contribution >= 4 is 17.7 Å². The minimum Gasteiger partial charge on any atom is -0.389 e. The molecule has 12 atom stereocenters. The average molecular weight is 595 g/mol. The monoisotopic (exact) mass is 594 g/mol. The first-order valence-corrected chi connectivity index (χ1v) is 14.1. The zero-order chi connectivity index (χ0) is 30.9. The van der Waals surface area contributed by atoms with Crippen molar-refractivity contribution in [2.45, 2.75) is 113 Å². The van der Waals surface area contributed by atoms with E-state index in [0.29, 0.717) is 16.7 Å². The summed E-state index contributed by atoms with van der Waals surface area (Å²) in [4.78, 5) is 38.2. The Morgan fingerprint density at radius 1 is 0.524 bits per heavy atom. The van der Waals surface area contributed by atoms with E-state index < -0.39 is 90.6 Å². The third kappa shape index (κ3) is 6.90. The maximum absolute atomic E-state index is 12.7. The Labute approximate surface area is 243 Å². The summed E-state index contributed by atoms with van der Waals surface area (Å²) in [6, 6.07) is 0.812. The van der Waals surface area contributed by atoms with E-state index in [2.05, 4.69) is 31.9 Å². The Balaban J connectivity index is 1.44. The molecule has 1 aromatic carbocycles. The Morgan fingerprint density at radius 2 is 0.762 bits per heavy atom. The van der Waals surface area contributed by atoms with Gasteiger partial charge in [0.05, 0.1) is 18.3 Å². The number of amides is 3. The molecule has 15 nitrogen and oxygen atoms in total. The summed E-state index contributed by atoms with van der Waals surface area (Å²) < 4.78 is 0. The molecule has 1 aromatic rings. The molecule has 12 N–H and O–H groups in total. The molecular weight excluding hydrogens is 552 g/mol. The zero-order valence-corrected chi connectivity index (χ0v) is 23.7. The summed E-state index contributed by atoms with van der Waals surface area (Å²) in [7, 11) is 0. The number of aliphatic hydroxyl groups is 6. The SMILES string of the molecule is C[C@@H]1N[C@@H](C(=O)NCc2cc(CNC(=O)[C@@H]3N[C@@H](C)[C@@H](O)[C@H]3O)cc(CNC(=O)[C@@H]3N[C@@H](C)[C@@H](O)[C@H]3O)c2)[C@H](O)[C@@H]1O. The van der Waals surface area contributed by atoms with Crippen molar-refractivity contribution in [3.8, 4) is 0 Å². The largest absolute Gasteiger partial charge is 0.389 e. The molecule has 4 rings (SSSR count). The minimum absolute atomic E-state index is 0.0378. The van der Waals surface area contributed by atoms with Gasteiger partial charge in [0.25, 0.3) is 0 Å². The second-order valence-electron chi connectivity index (χ2n) is 11.6. The highest BCUT2D eigenvalue weighted by molar-refractivity contribution is 5.84. The van der Waals surface area contributed by atoms with E-state index in [0.717, 1.165) is 0 Å². The predicted octanol–water partition coefficient (Wildman–Crippen LogP) is -5.22. The molecule has 15 heteroatoms. The van der Waals surface area contributed by atoms with Crippen molar-refractivity contribution in [3.63, 3.8) is 0 Å². The number of carbonyl (C=O) groups excluding carboxylic acids is 3. The lowest BCUT2D eigenvalue weighted by Gasteiger charge is -2.18. The quantitative estimate of drug-likeness (QED) is 0.128. The van der Waals surface area contributed by atoms with Gasteiger partial charge in [-0.15, -0.1) is 0 Å². The van der Waals surface area contributed by atoms with Crippen molar-refractivity contribution in [1.82, 2.24) is 31.9 Å². The Hall–Kier alpha value is -2.73. The highest BCUT2D eigenvalue weighted by Gasteiger charge is 2.44. The van der Waals surface area contributed by atoms with E-state index in [1.165, 1.54) is 0 Å². The van der Waals surface area contributed by atoms with Gasteiger partial charge in [-0.1, -0.05) is 18.2 Å². The summed E-state index contributed by atoms with van der Waals surface area (Å²) in [5.41, 5.74) is 1.85. The van der Waals surface area contributed by atoms with Gasteiger partial charge < -0.3 is 46.6 Å². The number of rotatable bonds is 9. The smallest absolute Gasteiger partial charge is 0.240 e. The van der Waals surface area contributed by atoms with Gasteiger partial charge in [0.2, 0.25) is 17.7 Å². The predicted molar refractivity (Wildman–Crippen MR) is 147 cm³/mol. The molecule has 3 aliphatic heterocycles. The van der Waals surface area contributed by atoms with Crippen molar-refractivity contribution in [1.29, 1.82) is 0 Å². The zero-order valence-electron chi connectivity index (χ0n) is 23.7. The van der Waals surface area contributed by atoms with Gasteiger partial charge >= 0.3 is 0 Å². The van der Waals surface area contributed by atoms with Crippen LogP contribution in [0.4, 0.5) is 0 Å².